The number of rotatable bonds is 7. The van der Waals surface area contributed by atoms with Gasteiger partial charge in [0.1, 0.15) is 5.82 Å². The molecule has 6 nitrogen and oxygen atoms in total. The van der Waals surface area contributed by atoms with Crippen LogP contribution in [0.25, 0.3) is 0 Å². The van der Waals surface area contributed by atoms with Crippen molar-refractivity contribution in [2.45, 2.75) is 26.7 Å². The maximum Gasteiger partial charge on any atom is 0.199 e. The summed E-state index contributed by atoms with van der Waals surface area (Å²) in [7, 11) is 2.10. The van der Waals surface area contributed by atoms with Crippen molar-refractivity contribution in [3.05, 3.63) is 76.3 Å². The highest BCUT2D eigenvalue weighted by Crippen LogP contribution is 2.17. The Bertz CT molecular complexity index is 1010. The number of nitrogens with zero attached hydrogens (tertiary/aromatic N) is 5. The Kier molecular flexibility index (Phi) is 6.62. The molecule has 1 aliphatic rings. The number of ether oxygens (including phenoxy) is 1. The molecular weight excluding hydrogens is 394 g/mol. The molecule has 1 aromatic heterocycles. The van der Waals surface area contributed by atoms with Gasteiger partial charge in [-0.2, -0.15) is 5.10 Å². The summed E-state index contributed by atoms with van der Waals surface area (Å²) in [5, 5.41) is 4.68. The first-order chi connectivity index (χ1) is 14.6. The maximum atomic E-state index is 5.71. The van der Waals surface area contributed by atoms with Crippen LogP contribution in [0.2, 0.25) is 0 Å². The summed E-state index contributed by atoms with van der Waals surface area (Å²) in [6.45, 7) is 7.80. The summed E-state index contributed by atoms with van der Waals surface area (Å²) in [6.07, 6.45) is 0. The standard InChI is InChI=1S/C23H29N5OS/c1-19-24-28(23(30)27(19)17-20-6-4-3-5-7-20)18-25(2)16-21-8-10-22(11-9-21)26-12-14-29-15-13-26/h3-11H,12-18H2,1-2H3. The second kappa shape index (κ2) is 9.55. The Morgan fingerprint density at radius 3 is 2.40 bits per heavy atom. The zero-order chi connectivity index (χ0) is 20.9. The fraction of sp³-hybridized carbons (Fsp3) is 0.391. The highest BCUT2D eigenvalue weighted by Gasteiger charge is 2.12. The minimum atomic E-state index is 0.659. The molecule has 30 heavy (non-hydrogen) atoms. The Balaban J connectivity index is 1.38. The van der Waals surface area contributed by atoms with E-state index >= 15 is 0 Å². The summed E-state index contributed by atoms with van der Waals surface area (Å²) in [4.78, 5) is 4.61. The third kappa shape index (κ3) is 4.98. The summed E-state index contributed by atoms with van der Waals surface area (Å²) < 4.78 is 10.2. The number of aryl methyl sites for hydroxylation is 1. The second-order valence-electron chi connectivity index (χ2n) is 7.82. The van der Waals surface area contributed by atoms with E-state index in [1.807, 2.05) is 17.7 Å². The number of hydrogen-bond donors (Lipinski definition) is 0. The molecule has 0 aliphatic carbocycles. The first kappa shape index (κ1) is 20.8. The lowest BCUT2D eigenvalue weighted by molar-refractivity contribution is 0.122. The van der Waals surface area contributed by atoms with Gasteiger partial charge in [0.25, 0.3) is 0 Å². The molecule has 2 heterocycles. The van der Waals surface area contributed by atoms with Crippen LogP contribution in [0.5, 0.6) is 0 Å². The van der Waals surface area contributed by atoms with Crippen LogP contribution in [0.1, 0.15) is 17.0 Å². The van der Waals surface area contributed by atoms with Crippen molar-refractivity contribution in [3.63, 3.8) is 0 Å². The van der Waals surface area contributed by atoms with Crippen molar-refractivity contribution in [3.8, 4) is 0 Å². The van der Waals surface area contributed by atoms with E-state index in [2.05, 4.69) is 75.0 Å². The Hall–Kier alpha value is -2.48. The van der Waals surface area contributed by atoms with Gasteiger partial charge >= 0.3 is 0 Å². The van der Waals surface area contributed by atoms with Gasteiger partial charge in [-0.25, -0.2) is 4.68 Å². The van der Waals surface area contributed by atoms with Crippen molar-refractivity contribution >= 4 is 17.9 Å². The Morgan fingerprint density at radius 1 is 1.00 bits per heavy atom. The third-order valence-corrected chi connectivity index (χ3v) is 5.86. The summed E-state index contributed by atoms with van der Waals surface area (Å²) in [5.74, 6) is 0.937. The average molecular weight is 424 g/mol. The van der Waals surface area contributed by atoms with Crippen LogP contribution in [-0.2, 0) is 24.5 Å². The summed E-state index contributed by atoms with van der Waals surface area (Å²) in [6, 6.07) is 19.2. The Labute approximate surface area is 183 Å². The van der Waals surface area contributed by atoms with E-state index in [1.165, 1.54) is 16.8 Å². The van der Waals surface area contributed by atoms with E-state index in [0.29, 0.717) is 6.67 Å². The van der Waals surface area contributed by atoms with E-state index in [9.17, 15) is 0 Å². The molecule has 0 spiro atoms. The topological polar surface area (TPSA) is 38.5 Å². The average Bonchev–Trinajstić information content (AvgIpc) is 3.03. The lowest BCUT2D eigenvalue weighted by Gasteiger charge is -2.29. The minimum absolute atomic E-state index is 0.659. The number of benzene rings is 2. The molecule has 0 radical (unpaired) electrons. The smallest absolute Gasteiger partial charge is 0.199 e. The molecule has 0 unspecified atom stereocenters. The number of hydrogen-bond acceptors (Lipinski definition) is 5. The zero-order valence-electron chi connectivity index (χ0n) is 17.7. The van der Waals surface area contributed by atoms with E-state index in [0.717, 1.165) is 50.0 Å². The number of anilines is 1. The normalized spacial score (nSPS) is 14.4. The van der Waals surface area contributed by atoms with Crippen LogP contribution < -0.4 is 4.90 Å². The molecule has 0 amide bonds. The van der Waals surface area contributed by atoms with Crippen LogP contribution in [-0.4, -0.2) is 52.6 Å². The SMILES string of the molecule is Cc1nn(CN(C)Cc2ccc(N3CCOCC3)cc2)c(=S)n1Cc1ccccc1. The lowest BCUT2D eigenvalue weighted by atomic mass is 10.2. The van der Waals surface area contributed by atoms with Crippen LogP contribution in [0.15, 0.2) is 54.6 Å². The monoisotopic (exact) mass is 423 g/mol. The molecule has 1 fully saturated rings. The van der Waals surface area contributed by atoms with Gasteiger partial charge in [-0.15, -0.1) is 0 Å². The minimum Gasteiger partial charge on any atom is -0.378 e. The van der Waals surface area contributed by atoms with Gasteiger partial charge in [-0.05, 0) is 49.4 Å². The fourth-order valence-electron chi connectivity index (χ4n) is 3.81. The third-order valence-electron chi connectivity index (χ3n) is 5.43. The molecule has 7 heteroatoms. The predicted molar refractivity (Wildman–Crippen MR) is 122 cm³/mol. The molecule has 1 saturated heterocycles. The second-order valence-corrected chi connectivity index (χ2v) is 8.19. The summed E-state index contributed by atoms with van der Waals surface area (Å²) in [5.41, 5.74) is 3.77. The molecule has 3 aromatic rings. The highest BCUT2D eigenvalue weighted by molar-refractivity contribution is 7.71. The maximum absolute atomic E-state index is 5.71. The van der Waals surface area contributed by atoms with Crippen molar-refractivity contribution in [1.29, 1.82) is 0 Å². The molecule has 0 saturated carbocycles. The molecule has 0 bridgehead atoms. The van der Waals surface area contributed by atoms with Gasteiger partial charge in [0.05, 0.1) is 26.4 Å². The molecule has 158 valence electrons. The van der Waals surface area contributed by atoms with Gasteiger partial charge in [-0.3, -0.25) is 9.47 Å². The predicted octanol–water partition coefficient (Wildman–Crippen LogP) is 3.70. The van der Waals surface area contributed by atoms with Gasteiger partial charge in [0.2, 0.25) is 0 Å². The molecule has 4 rings (SSSR count). The van der Waals surface area contributed by atoms with Gasteiger partial charge in [0, 0.05) is 25.3 Å². The molecule has 1 aliphatic heterocycles. The van der Waals surface area contributed by atoms with Gasteiger partial charge in [-0.1, -0.05) is 42.5 Å². The van der Waals surface area contributed by atoms with Crippen molar-refractivity contribution < 1.29 is 4.74 Å². The van der Waals surface area contributed by atoms with E-state index in [-0.39, 0.29) is 0 Å². The molecule has 0 atom stereocenters. The number of morpholine rings is 1. The first-order valence-corrected chi connectivity index (χ1v) is 10.8. The Morgan fingerprint density at radius 2 is 1.70 bits per heavy atom. The van der Waals surface area contributed by atoms with Crippen LogP contribution in [0.3, 0.4) is 0 Å². The van der Waals surface area contributed by atoms with E-state index < -0.39 is 0 Å². The van der Waals surface area contributed by atoms with Crippen LogP contribution >= 0.6 is 12.2 Å². The highest BCUT2D eigenvalue weighted by atomic mass is 32.1. The molecule has 0 N–H and O–H groups in total. The van der Waals surface area contributed by atoms with Crippen molar-refractivity contribution in [1.82, 2.24) is 19.2 Å². The van der Waals surface area contributed by atoms with Crippen molar-refractivity contribution in [2.75, 3.05) is 38.3 Å². The lowest BCUT2D eigenvalue weighted by Crippen LogP contribution is -2.36. The van der Waals surface area contributed by atoms with E-state index in [1.54, 1.807) is 0 Å². The quantitative estimate of drug-likeness (QED) is 0.542. The van der Waals surface area contributed by atoms with Gasteiger partial charge < -0.3 is 9.64 Å². The summed E-state index contributed by atoms with van der Waals surface area (Å²) >= 11 is 5.71. The van der Waals surface area contributed by atoms with Crippen LogP contribution in [0.4, 0.5) is 5.69 Å². The molecular formula is C23H29N5OS. The fourth-order valence-corrected chi connectivity index (χ4v) is 4.11. The first-order valence-electron chi connectivity index (χ1n) is 10.4. The zero-order valence-corrected chi connectivity index (χ0v) is 18.5. The van der Waals surface area contributed by atoms with Gasteiger partial charge in [0.15, 0.2) is 4.77 Å². The largest absolute Gasteiger partial charge is 0.378 e. The van der Waals surface area contributed by atoms with Crippen molar-refractivity contribution in [2.24, 2.45) is 0 Å². The number of aromatic nitrogens is 3. The van der Waals surface area contributed by atoms with Crippen LogP contribution in [0, 0.1) is 11.7 Å². The van der Waals surface area contributed by atoms with E-state index in [4.69, 9.17) is 17.0 Å². The molecule has 2 aromatic carbocycles.